The minimum atomic E-state index is -3.76. The molecule has 1 N–H and O–H groups in total. The highest BCUT2D eigenvalue weighted by molar-refractivity contribution is 7.92. The van der Waals surface area contributed by atoms with Gasteiger partial charge in [0.05, 0.1) is 11.9 Å². The van der Waals surface area contributed by atoms with Gasteiger partial charge < -0.3 is 10.2 Å². The molecule has 0 saturated heterocycles. The Balaban J connectivity index is 1.40. The van der Waals surface area contributed by atoms with Gasteiger partial charge >= 0.3 is 0 Å². The van der Waals surface area contributed by atoms with Crippen LogP contribution in [0.2, 0.25) is 0 Å². The number of nitrogens with zero attached hydrogens (tertiary/aromatic N) is 2. The number of carbonyl (C=O) groups excluding carboxylic acids is 2. The number of aryl methyl sites for hydroxylation is 1. The van der Waals surface area contributed by atoms with E-state index in [1.54, 1.807) is 7.05 Å². The van der Waals surface area contributed by atoms with Crippen LogP contribution >= 0.6 is 0 Å². The van der Waals surface area contributed by atoms with Crippen molar-refractivity contribution >= 4 is 27.5 Å². The predicted molar refractivity (Wildman–Crippen MR) is 158 cm³/mol. The molecule has 1 atom stereocenters. The molecule has 2 amide bonds. The molecule has 4 aliphatic carbocycles. The van der Waals surface area contributed by atoms with Crippen molar-refractivity contribution in [2.24, 2.45) is 17.8 Å². The van der Waals surface area contributed by atoms with Crippen LogP contribution in [0.4, 0.5) is 5.69 Å². The van der Waals surface area contributed by atoms with Crippen LogP contribution < -0.4 is 9.62 Å². The lowest BCUT2D eigenvalue weighted by Crippen LogP contribution is -2.51. The lowest BCUT2D eigenvalue weighted by atomic mass is 9.48. The first kappa shape index (κ1) is 28.7. The molecule has 0 radical (unpaired) electrons. The third-order valence-electron chi connectivity index (χ3n) is 9.55. The van der Waals surface area contributed by atoms with Crippen LogP contribution in [0.5, 0.6) is 0 Å². The quantitative estimate of drug-likeness (QED) is 0.449. The highest BCUT2D eigenvalue weighted by Crippen LogP contribution is 2.60. The monoisotopic (exact) mass is 565 g/mol. The van der Waals surface area contributed by atoms with Gasteiger partial charge in [-0.25, -0.2) is 8.42 Å². The minimum absolute atomic E-state index is 0.214. The zero-order valence-corrected chi connectivity index (χ0v) is 25.0. The SMILES string of the molecule is CC[C@H](C(=O)NC)N(Cc1cccc(C)c1)C(=O)CN(c1ccc(C23CC4CC(CC(C4)C2)C3)cc1)S(C)(=O)=O. The molecule has 4 aliphatic rings. The van der Waals surface area contributed by atoms with Crippen molar-refractivity contribution in [3.05, 3.63) is 65.2 Å². The van der Waals surface area contributed by atoms with Crippen molar-refractivity contribution in [1.29, 1.82) is 0 Å². The van der Waals surface area contributed by atoms with Gasteiger partial charge in [0, 0.05) is 13.6 Å². The van der Waals surface area contributed by atoms with E-state index in [1.165, 1.54) is 53.3 Å². The Hall–Kier alpha value is -2.87. The van der Waals surface area contributed by atoms with Gasteiger partial charge in [0.1, 0.15) is 12.6 Å². The van der Waals surface area contributed by atoms with E-state index in [-0.39, 0.29) is 24.4 Å². The van der Waals surface area contributed by atoms with Gasteiger partial charge in [-0.3, -0.25) is 13.9 Å². The second-order valence-electron chi connectivity index (χ2n) is 12.6. The van der Waals surface area contributed by atoms with Crippen LogP contribution in [-0.4, -0.2) is 51.0 Å². The number of benzene rings is 2. The molecule has 7 nitrogen and oxygen atoms in total. The number of nitrogens with one attached hydrogen (secondary N) is 1. The number of hydrogen-bond donors (Lipinski definition) is 1. The molecule has 6 rings (SSSR count). The predicted octanol–water partition coefficient (Wildman–Crippen LogP) is 4.78. The molecule has 0 aromatic heterocycles. The zero-order chi connectivity index (χ0) is 28.7. The summed E-state index contributed by atoms with van der Waals surface area (Å²) in [5.74, 6) is 1.79. The lowest BCUT2D eigenvalue weighted by molar-refractivity contribution is -0.140. The smallest absolute Gasteiger partial charge is 0.244 e. The van der Waals surface area contributed by atoms with Gasteiger partial charge in [0.2, 0.25) is 21.8 Å². The van der Waals surface area contributed by atoms with Crippen LogP contribution in [-0.2, 0) is 31.6 Å². The third-order valence-corrected chi connectivity index (χ3v) is 10.7. The summed E-state index contributed by atoms with van der Waals surface area (Å²) >= 11 is 0. The van der Waals surface area contributed by atoms with Crippen molar-refractivity contribution in [2.75, 3.05) is 24.2 Å². The summed E-state index contributed by atoms with van der Waals surface area (Å²) in [6, 6.07) is 15.0. The van der Waals surface area contributed by atoms with Gasteiger partial charge in [0.15, 0.2) is 0 Å². The first-order chi connectivity index (χ1) is 19.0. The first-order valence-corrected chi connectivity index (χ1v) is 16.5. The van der Waals surface area contributed by atoms with Crippen molar-refractivity contribution in [2.45, 2.75) is 76.8 Å². The Morgan fingerprint density at radius 3 is 2.10 bits per heavy atom. The molecule has 2 aromatic carbocycles. The summed E-state index contributed by atoms with van der Waals surface area (Å²) in [5.41, 5.74) is 3.94. The van der Waals surface area contributed by atoms with Gasteiger partial charge in [-0.05, 0) is 98.3 Å². The fourth-order valence-electron chi connectivity index (χ4n) is 8.15. The highest BCUT2D eigenvalue weighted by atomic mass is 32.2. The Morgan fingerprint density at radius 1 is 1.00 bits per heavy atom. The number of hydrogen-bond acceptors (Lipinski definition) is 4. The summed E-state index contributed by atoms with van der Waals surface area (Å²) in [7, 11) is -2.21. The summed E-state index contributed by atoms with van der Waals surface area (Å²) in [6.07, 6.45) is 9.36. The Morgan fingerprint density at radius 2 is 1.60 bits per heavy atom. The van der Waals surface area contributed by atoms with E-state index >= 15 is 0 Å². The molecule has 2 aromatic rings. The highest BCUT2D eigenvalue weighted by Gasteiger charge is 2.51. The summed E-state index contributed by atoms with van der Waals surface area (Å²) < 4.78 is 27.2. The Bertz CT molecular complexity index is 1320. The minimum Gasteiger partial charge on any atom is -0.357 e. The number of sulfonamides is 1. The molecule has 4 saturated carbocycles. The van der Waals surface area contributed by atoms with E-state index in [4.69, 9.17) is 0 Å². The van der Waals surface area contributed by atoms with E-state index in [2.05, 4.69) is 17.4 Å². The average molecular weight is 566 g/mol. The van der Waals surface area contributed by atoms with Gasteiger partial charge in [-0.15, -0.1) is 0 Å². The molecule has 0 heterocycles. The van der Waals surface area contributed by atoms with E-state index in [0.717, 1.165) is 35.1 Å². The summed E-state index contributed by atoms with van der Waals surface area (Å²) in [5, 5.41) is 2.66. The topological polar surface area (TPSA) is 86.8 Å². The number of anilines is 1. The molecule has 4 bridgehead atoms. The molecular formula is C32H43N3O4S. The van der Waals surface area contributed by atoms with Crippen molar-refractivity contribution < 1.29 is 18.0 Å². The van der Waals surface area contributed by atoms with E-state index < -0.39 is 22.0 Å². The van der Waals surface area contributed by atoms with Gasteiger partial charge in [0.25, 0.3) is 0 Å². The number of amides is 2. The largest absolute Gasteiger partial charge is 0.357 e. The Labute approximate surface area is 239 Å². The fraction of sp³-hybridized carbons (Fsp3) is 0.562. The summed E-state index contributed by atoms with van der Waals surface area (Å²) in [4.78, 5) is 28.1. The van der Waals surface area contributed by atoms with Crippen LogP contribution in [0.1, 0.15) is 68.6 Å². The second-order valence-corrected chi connectivity index (χ2v) is 14.5. The molecule has 8 heteroatoms. The van der Waals surface area contributed by atoms with Gasteiger partial charge in [-0.2, -0.15) is 0 Å². The van der Waals surface area contributed by atoms with Crippen molar-refractivity contribution in [3.8, 4) is 0 Å². The fourth-order valence-corrected chi connectivity index (χ4v) is 9.00. The second kappa shape index (κ2) is 11.2. The zero-order valence-electron chi connectivity index (χ0n) is 24.2. The number of rotatable bonds is 10. The summed E-state index contributed by atoms with van der Waals surface area (Å²) in [6.45, 7) is 3.68. The van der Waals surface area contributed by atoms with Crippen LogP contribution in [0.25, 0.3) is 0 Å². The van der Waals surface area contributed by atoms with Gasteiger partial charge in [-0.1, -0.05) is 48.9 Å². The Kier molecular flexibility index (Phi) is 8.01. The standard InChI is InChI=1S/C32H43N3O4S/c1-5-29(31(37)33-3)34(20-23-8-6-7-22(2)13-23)30(36)21-35(40(4,38)39)28-11-9-27(10-12-28)32-17-24-14-25(18-32)16-26(15-24)19-32/h6-13,24-26,29H,5,14-21H2,1-4H3,(H,33,37)/t24?,25?,26?,29-,32?/m1/s1. The van der Waals surface area contributed by atoms with Crippen molar-refractivity contribution in [1.82, 2.24) is 10.2 Å². The maximum absolute atomic E-state index is 13.8. The molecule has 216 valence electrons. The molecule has 40 heavy (non-hydrogen) atoms. The average Bonchev–Trinajstić information content (AvgIpc) is 2.90. The molecule has 4 fully saturated rings. The van der Waals surface area contributed by atoms with Crippen molar-refractivity contribution in [3.63, 3.8) is 0 Å². The number of likely N-dealkylation sites (N-methyl/N-ethyl adjacent to an activating group) is 1. The normalized spacial score (nSPS) is 25.9. The van der Waals surface area contributed by atoms with Crippen LogP contribution in [0.15, 0.2) is 48.5 Å². The van der Waals surface area contributed by atoms with E-state index in [1.807, 2.05) is 50.2 Å². The maximum Gasteiger partial charge on any atom is 0.244 e. The lowest BCUT2D eigenvalue weighted by Gasteiger charge is -2.57. The van der Waals surface area contributed by atoms with Crippen LogP contribution in [0.3, 0.4) is 0 Å². The molecule has 0 aliphatic heterocycles. The van der Waals surface area contributed by atoms with E-state index in [9.17, 15) is 18.0 Å². The molecular weight excluding hydrogens is 522 g/mol. The first-order valence-electron chi connectivity index (χ1n) is 14.7. The third kappa shape index (κ3) is 5.78. The molecule has 0 spiro atoms. The molecule has 0 unspecified atom stereocenters. The maximum atomic E-state index is 13.8. The number of carbonyl (C=O) groups is 2. The van der Waals surface area contributed by atoms with E-state index in [0.29, 0.717) is 12.1 Å². The van der Waals surface area contributed by atoms with Crippen LogP contribution in [0, 0.1) is 24.7 Å².